The van der Waals surface area contributed by atoms with E-state index in [2.05, 4.69) is 16.0 Å². The van der Waals surface area contributed by atoms with Crippen LogP contribution in [-0.2, 0) is 13.1 Å². The number of hydrogen-bond acceptors (Lipinski definition) is 6. The van der Waals surface area contributed by atoms with Crippen LogP contribution in [-0.4, -0.2) is 52.4 Å². The van der Waals surface area contributed by atoms with Crippen LogP contribution in [0.5, 0.6) is 0 Å². The molecule has 1 fully saturated rings. The molecule has 5 aromatic rings. The average Bonchev–Trinajstić information content (AvgIpc) is 3.71. The van der Waals surface area contributed by atoms with E-state index >= 15 is 0 Å². The van der Waals surface area contributed by atoms with Crippen LogP contribution in [0.4, 0.5) is 11.4 Å². The predicted octanol–water partition coefficient (Wildman–Crippen LogP) is 6.64. The smallest absolute Gasteiger partial charge is 0.264 e. The van der Waals surface area contributed by atoms with Gasteiger partial charge in [0, 0.05) is 55.9 Å². The number of nitrogens with zero attached hydrogens (tertiary/aromatic N) is 6. The molecule has 2 amide bonds. The number of thiophene rings is 1. The van der Waals surface area contributed by atoms with E-state index in [4.69, 9.17) is 16.9 Å². The van der Waals surface area contributed by atoms with Gasteiger partial charge in [-0.25, -0.2) is 4.98 Å². The number of rotatable bonds is 8. The van der Waals surface area contributed by atoms with Crippen LogP contribution in [0, 0.1) is 18.3 Å². The lowest BCUT2D eigenvalue weighted by molar-refractivity contribution is 0.0751. The topological polar surface area (TPSA) is 85.5 Å². The Kier molecular flexibility index (Phi) is 8.96. The number of anilines is 2. The number of aromatic nitrogens is 2. The van der Waals surface area contributed by atoms with Crippen molar-refractivity contribution in [2.24, 2.45) is 0 Å². The number of aryl methyl sites for hydroxylation is 1. The zero-order valence-electron chi connectivity index (χ0n) is 24.8. The minimum Gasteiger partial charge on any atom is -0.368 e. The third-order valence-electron chi connectivity index (χ3n) is 7.94. The highest BCUT2D eigenvalue weighted by Gasteiger charge is 2.25. The normalized spacial score (nSPS) is 13.0. The lowest BCUT2D eigenvalue weighted by Gasteiger charge is -2.36. The van der Waals surface area contributed by atoms with Crippen molar-refractivity contribution in [3.05, 3.63) is 135 Å². The molecule has 10 heteroatoms. The van der Waals surface area contributed by atoms with Crippen molar-refractivity contribution in [3.63, 3.8) is 0 Å². The molecule has 0 unspecified atom stereocenters. The van der Waals surface area contributed by atoms with Crippen LogP contribution in [0.25, 0.3) is 0 Å². The minimum atomic E-state index is -0.0987. The van der Waals surface area contributed by atoms with E-state index in [1.807, 2.05) is 77.1 Å². The molecule has 0 bridgehead atoms. The van der Waals surface area contributed by atoms with Crippen molar-refractivity contribution >= 4 is 46.1 Å². The van der Waals surface area contributed by atoms with E-state index in [-0.39, 0.29) is 11.8 Å². The van der Waals surface area contributed by atoms with Crippen molar-refractivity contribution in [2.45, 2.75) is 20.0 Å². The number of carbonyl (C=O) groups is 2. The van der Waals surface area contributed by atoms with Gasteiger partial charge in [-0.05, 0) is 73.2 Å². The molecule has 0 saturated carbocycles. The summed E-state index contributed by atoms with van der Waals surface area (Å²) in [6.07, 6.45) is 3.56. The monoisotopic (exact) mass is 634 g/mol. The summed E-state index contributed by atoms with van der Waals surface area (Å²) >= 11 is 7.34. The number of benzene rings is 3. The van der Waals surface area contributed by atoms with Gasteiger partial charge in [0.05, 0.1) is 39.4 Å². The number of carbonyl (C=O) groups excluding carboxylic acids is 2. The summed E-state index contributed by atoms with van der Waals surface area (Å²) in [5.74, 6) is -0.0796. The van der Waals surface area contributed by atoms with Crippen LogP contribution in [0.2, 0.25) is 4.34 Å². The number of imidazole rings is 1. The Balaban J connectivity index is 1.20. The number of halogens is 1. The van der Waals surface area contributed by atoms with E-state index in [0.29, 0.717) is 59.6 Å². The SMILES string of the molecule is Cc1cccc(C(=O)N(Cc2cncn2Cc2ccc(C#N)cc2)c2ccc(N3CCN(C(=O)c4ccc(Cl)s4)CC3)cc2)c1. The lowest BCUT2D eigenvalue weighted by atomic mass is 10.1. The maximum absolute atomic E-state index is 14.0. The summed E-state index contributed by atoms with van der Waals surface area (Å²) in [5, 5.41) is 9.14. The number of hydrogen-bond donors (Lipinski definition) is 0. The highest BCUT2D eigenvalue weighted by molar-refractivity contribution is 7.17. The Morgan fingerprint density at radius 1 is 0.978 bits per heavy atom. The summed E-state index contributed by atoms with van der Waals surface area (Å²) in [6.45, 7) is 5.55. The van der Waals surface area contributed by atoms with Crippen LogP contribution in [0.3, 0.4) is 0 Å². The summed E-state index contributed by atoms with van der Waals surface area (Å²) in [4.78, 5) is 37.8. The van der Waals surface area contributed by atoms with Crippen molar-refractivity contribution in [1.82, 2.24) is 14.5 Å². The first kappa shape index (κ1) is 30.1. The van der Waals surface area contributed by atoms with Gasteiger partial charge in [0.1, 0.15) is 0 Å². The second-order valence-corrected chi connectivity index (χ2v) is 12.7. The van der Waals surface area contributed by atoms with Gasteiger partial charge in [-0.15, -0.1) is 11.3 Å². The molecule has 226 valence electrons. The molecular weight excluding hydrogens is 604 g/mol. The van der Waals surface area contributed by atoms with Crippen molar-refractivity contribution in [2.75, 3.05) is 36.0 Å². The van der Waals surface area contributed by atoms with Crippen LogP contribution in [0.15, 0.2) is 97.5 Å². The Bertz CT molecular complexity index is 1850. The molecule has 1 aliphatic heterocycles. The van der Waals surface area contributed by atoms with E-state index in [0.717, 1.165) is 28.2 Å². The third-order valence-corrected chi connectivity index (χ3v) is 9.16. The van der Waals surface area contributed by atoms with Crippen LogP contribution < -0.4 is 9.80 Å². The molecule has 1 saturated heterocycles. The van der Waals surface area contributed by atoms with E-state index in [1.54, 1.807) is 41.7 Å². The molecule has 0 atom stereocenters. The highest BCUT2D eigenvalue weighted by atomic mass is 35.5. The standard InChI is InChI=1S/C35H31ClN6O2S/c1-25-3-2-4-28(19-25)34(43)42(23-31-21-38-24-41(31)22-27-7-5-26(20-37)6-8-27)30-11-9-29(10-12-30)39-15-17-40(18-16-39)35(44)32-13-14-33(36)45-32/h2-14,19,21,24H,15-18,22-23H2,1H3. The van der Waals surface area contributed by atoms with Crippen molar-refractivity contribution < 1.29 is 9.59 Å². The first-order valence-corrected chi connectivity index (χ1v) is 15.8. The fourth-order valence-electron chi connectivity index (χ4n) is 5.48. The zero-order chi connectivity index (χ0) is 31.3. The molecule has 0 radical (unpaired) electrons. The molecule has 3 heterocycles. The molecule has 0 aliphatic carbocycles. The highest BCUT2D eigenvalue weighted by Crippen LogP contribution is 2.27. The van der Waals surface area contributed by atoms with Crippen molar-refractivity contribution in [1.29, 1.82) is 5.26 Å². The Labute approximate surface area is 271 Å². The third kappa shape index (κ3) is 6.93. The molecular formula is C35H31ClN6O2S. The Morgan fingerprint density at radius 2 is 1.73 bits per heavy atom. The molecule has 3 aromatic carbocycles. The van der Waals surface area contributed by atoms with Gasteiger partial charge in [-0.2, -0.15) is 5.26 Å². The van der Waals surface area contributed by atoms with E-state index in [1.165, 1.54) is 11.3 Å². The Hall–Kier alpha value is -4.91. The number of nitriles is 1. The van der Waals surface area contributed by atoms with E-state index < -0.39 is 0 Å². The fourth-order valence-corrected chi connectivity index (χ4v) is 6.49. The maximum Gasteiger partial charge on any atom is 0.264 e. The maximum atomic E-state index is 14.0. The zero-order valence-corrected chi connectivity index (χ0v) is 26.3. The first-order chi connectivity index (χ1) is 21.9. The van der Waals surface area contributed by atoms with Crippen LogP contribution in [0.1, 0.15) is 42.4 Å². The largest absolute Gasteiger partial charge is 0.368 e. The molecule has 0 N–H and O–H groups in total. The summed E-state index contributed by atoms with van der Waals surface area (Å²) in [7, 11) is 0. The summed E-state index contributed by atoms with van der Waals surface area (Å²) < 4.78 is 2.64. The summed E-state index contributed by atoms with van der Waals surface area (Å²) in [6, 6.07) is 28.8. The summed E-state index contributed by atoms with van der Waals surface area (Å²) in [5.41, 5.74) is 5.99. The van der Waals surface area contributed by atoms with Crippen LogP contribution >= 0.6 is 22.9 Å². The number of piperazine rings is 1. The molecule has 45 heavy (non-hydrogen) atoms. The number of amides is 2. The molecule has 1 aliphatic rings. The molecule has 0 spiro atoms. The lowest BCUT2D eigenvalue weighted by Crippen LogP contribution is -2.48. The van der Waals surface area contributed by atoms with Gasteiger partial charge >= 0.3 is 0 Å². The average molecular weight is 635 g/mol. The Morgan fingerprint density at radius 3 is 2.40 bits per heavy atom. The van der Waals surface area contributed by atoms with Gasteiger partial charge in [-0.1, -0.05) is 41.4 Å². The minimum absolute atomic E-state index is 0.0191. The molecule has 6 rings (SSSR count). The molecule has 8 nitrogen and oxygen atoms in total. The van der Waals surface area contributed by atoms with Gasteiger partial charge in [0.15, 0.2) is 0 Å². The van der Waals surface area contributed by atoms with Gasteiger partial charge < -0.3 is 19.3 Å². The quantitative estimate of drug-likeness (QED) is 0.191. The molecule has 2 aromatic heterocycles. The van der Waals surface area contributed by atoms with Gasteiger partial charge in [0.2, 0.25) is 0 Å². The van der Waals surface area contributed by atoms with E-state index in [9.17, 15) is 9.59 Å². The predicted molar refractivity (Wildman–Crippen MR) is 178 cm³/mol. The fraction of sp³-hybridized carbons (Fsp3) is 0.200. The second kappa shape index (κ2) is 13.4. The van der Waals surface area contributed by atoms with Crippen molar-refractivity contribution in [3.8, 4) is 6.07 Å². The second-order valence-electron chi connectivity index (χ2n) is 11.0. The first-order valence-electron chi connectivity index (χ1n) is 14.6. The van der Waals surface area contributed by atoms with Gasteiger partial charge in [0.25, 0.3) is 11.8 Å². The van der Waals surface area contributed by atoms with Gasteiger partial charge in [-0.3, -0.25) is 9.59 Å².